The van der Waals surface area contributed by atoms with E-state index in [-0.39, 0.29) is 29.5 Å². The summed E-state index contributed by atoms with van der Waals surface area (Å²) in [7, 11) is -2.23. The number of carbonyl (C=O) groups is 1. The molecule has 2 aromatic heterocycles. The number of nitrogens with zero attached hydrogens (tertiary/aromatic N) is 3. The van der Waals surface area contributed by atoms with Gasteiger partial charge in [-0.25, -0.2) is 23.2 Å². The summed E-state index contributed by atoms with van der Waals surface area (Å²) in [6.07, 6.45) is 2.76. The van der Waals surface area contributed by atoms with Crippen molar-refractivity contribution in [2.24, 2.45) is 0 Å². The van der Waals surface area contributed by atoms with E-state index in [1.165, 1.54) is 16.6 Å². The Kier molecular flexibility index (Phi) is 7.63. The summed E-state index contributed by atoms with van der Waals surface area (Å²) < 4.78 is 39.4. The number of amides is 1. The van der Waals surface area contributed by atoms with Crippen LogP contribution in [0.2, 0.25) is 0 Å². The van der Waals surface area contributed by atoms with Crippen molar-refractivity contribution in [1.29, 1.82) is 0 Å². The molecule has 37 heavy (non-hydrogen) atoms. The molecule has 1 N–H and O–H groups in total. The Morgan fingerprint density at radius 2 is 1.76 bits per heavy atom. The molecular formula is C27H32N4O5S. The van der Waals surface area contributed by atoms with Crippen LogP contribution in [-0.2, 0) is 38.2 Å². The van der Waals surface area contributed by atoms with Gasteiger partial charge in [-0.1, -0.05) is 36.4 Å². The maximum atomic E-state index is 13.6. The van der Waals surface area contributed by atoms with E-state index in [0.717, 1.165) is 24.0 Å². The molecule has 1 aliphatic rings. The molecule has 1 fully saturated rings. The highest BCUT2D eigenvalue weighted by Gasteiger charge is 2.44. The quantitative estimate of drug-likeness (QED) is 0.426. The van der Waals surface area contributed by atoms with E-state index in [2.05, 4.69) is 15.3 Å². The van der Waals surface area contributed by atoms with Crippen LogP contribution in [0.5, 0.6) is 0 Å². The van der Waals surface area contributed by atoms with Gasteiger partial charge in [0.25, 0.3) is 10.0 Å². The maximum absolute atomic E-state index is 13.6. The lowest BCUT2D eigenvalue weighted by molar-refractivity contribution is 0.0635. The van der Waals surface area contributed by atoms with Crippen LogP contribution in [0.25, 0.3) is 0 Å². The van der Waals surface area contributed by atoms with Crippen LogP contribution in [-0.4, -0.2) is 41.5 Å². The molecule has 0 bridgehead atoms. The SMILES string of the molecule is COC1(c2ccc(CN(Cc3cccc(NC(=O)OC(C)(C)C)n3)S(=O)(=O)c3ccccn3)cc2)CC1. The molecule has 0 atom stereocenters. The maximum Gasteiger partial charge on any atom is 0.413 e. The molecule has 2 heterocycles. The molecule has 1 aliphatic carbocycles. The number of sulfonamides is 1. The monoisotopic (exact) mass is 524 g/mol. The van der Waals surface area contributed by atoms with E-state index in [1.54, 1.807) is 58.2 Å². The van der Waals surface area contributed by atoms with Gasteiger partial charge >= 0.3 is 6.09 Å². The van der Waals surface area contributed by atoms with Gasteiger partial charge in [-0.2, -0.15) is 4.31 Å². The minimum absolute atomic E-state index is 0.0213. The molecule has 10 heteroatoms. The first-order valence-corrected chi connectivity index (χ1v) is 13.5. The molecule has 1 saturated carbocycles. The zero-order valence-corrected chi connectivity index (χ0v) is 22.3. The minimum atomic E-state index is -3.94. The summed E-state index contributed by atoms with van der Waals surface area (Å²) in [5, 5.41) is 2.55. The normalized spacial score (nSPS) is 14.8. The summed E-state index contributed by atoms with van der Waals surface area (Å²) in [5.74, 6) is 0.264. The molecule has 196 valence electrons. The number of hydrogen-bond donors (Lipinski definition) is 1. The first-order valence-electron chi connectivity index (χ1n) is 12.0. The average Bonchev–Trinajstić information content (AvgIpc) is 3.65. The zero-order valence-electron chi connectivity index (χ0n) is 21.5. The number of anilines is 1. The van der Waals surface area contributed by atoms with Gasteiger partial charge in [0.05, 0.1) is 17.8 Å². The zero-order chi connectivity index (χ0) is 26.7. The van der Waals surface area contributed by atoms with Crippen LogP contribution in [0.4, 0.5) is 10.6 Å². The summed E-state index contributed by atoms with van der Waals surface area (Å²) >= 11 is 0. The second-order valence-electron chi connectivity index (χ2n) is 9.98. The number of hydrogen-bond acceptors (Lipinski definition) is 7. The van der Waals surface area contributed by atoms with Gasteiger partial charge < -0.3 is 9.47 Å². The molecule has 0 saturated heterocycles. The molecule has 0 spiro atoms. The summed E-state index contributed by atoms with van der Waals surface area (Å²) in [5.41, 5.74) is 1.48. The second kappa shape index (κ2) is 10.6. The van der Waals surface area contributed by atoms with Crippen molar-refractivity contribution in [3.8, 4) is 0 Å². The van der Waals surface area contributed by atoms with Crippen molar-refractivity contribution in [2.75, 3.05) is 12.4 Å². The summed E-state index contributed by atoms with van der Waals surface area (Å²) in [6.45, 7) is 5.40. The highest BCUT2D eigenvalue weighted by atomic mass is 32.2. The third-order valence-electron chi connectivity index (χ3n) is 5.95. The summed E-state index contributed by atoms with van der Waals surface area (Å²) in [6, 6.07) is 17.6. The van der Waals surface area contributed by atoms with Crippen LogP contribution >= 0.6 is 0 Å². The van der Waals surface area contributed by atoms with Gasteiger partial charge in [-0.05, 0) is 69.0 Å². The van der Waals surface area contributed by atoms with Gasteiger partial charge in [0, 0.05) is 19.9 Å². The fourth-order valence-corrected chi connectivity index (χ4v) is 5.26. The van der Waals surface area contributed by atoms with E-state index in [1.807, 2.05) is 24.3 Å². The van der Waals surface area contributed by atoms with Crippen molar-refractivity contribution in [2.45, 2.75) is 62.9 Å². The van der Waals surface area contributed by atoms with Gasteiger partial charge in [0.15, 0.2) is 5.03 Å². The topological polar surface area (TPSA) is 111 Å². The third-order valence-corrected chi connectivity index (χ3v) is 7.66. The highest BCUT2D eigenvalue weighted by Crippen LogP contribution is 2.48. The van der Waals surface area contributed by atoms with E-state index >= 15 is 0 Å². The van der Waals surface area contributed by atoms with Crippen LogP contribution < -0.4 is 5.32 Å². The van der Waals surface area contributed by atoms with Crippen molar-refractivity contribution >= 4 is 21.9 Å². The minimum Gasteiger partial charge on any atom is -0.444 e. The van der Waals surface area contributed by atoms with E-state index in [9.17, 15) is 13.2 Å². The Bertz CT molecular complexity index is 1340. The summed E-state index contributed by atoms with van der Waals surface area (Å²) in [4.78, 5) is 20.7. The molecule has 3 aromatic rings. The Balaban J connectivity index is 1.58. The Labute approximate surface area is 217 Å². The van der Waals surface area contributed by atoms with Crippen molar-refractivity contribution in [1.82, 2.24) is 14.3 Å². The number of pyridine rings is 2. The predicted octanol–water partition coefficient (Wildman–Crippen LogP) is 4.85. The highest BCUT2D eigenvalue weighted by molar-refractivity contribution is 7.89. The van der Waals surface area contributed by atoms with Crippen molar-refractivity contribution in [3.05, 3.63) is 83.7 Å². The molecule has 0 aliphatic heterocycles. The molecule has 0 unspecified atom stereocenters. The number of ether oxygens (including phenoxy) is 2. The Morgan fingerprint density at radius 1 is 1.03 bits per heavy atom. The molecule has 9 nitrogen and oxygen atoms in total. The van der Waals surface area contributed by atoms with Crippen molar-refractivity contribution < 1.29 is 22.7 Å². The lowest BCUT2D eigenvalue weighted by Crippen LogP contribution is -2.31. The fourth-order valence-electron chi connectivity index (χ4n) is 3.93. The van der Waals surface area contributed by atoms with Gasteiger partial charge in [0.2, 0.25) is 0 Å². The number of methoxy groups -OCH3 is 1. The smallest absolute Gasteiger partial charge is 0.413 e. The van der Waals surface area contributed by atoms with Crippen LogP contribution in [0.1, 0.15) is 50.4 Å². The van der Waals surface area contributed by atoms with Gasteiger partial charge in [-0.3, -0.25) is 5.32 Å². The first-order chi connectivity index (χ1) is 17.5. The van der Waals surface area contributed by atoms with Gasteiger partial charge in [-0.15, -0.1) is 0 Å². The standard InChI is InChI=1S/C27H32N4O5S/c1-26(2,3)36-25(32)30-23-9-7-8-22(29-23)19-31(37(33,34)24-10-5-6-17-28-24)18-20-11-13-21(14-12-20)27(35-4)15-16-27/h5-14,17H,15-16,18-19H2,1-4H3,(H,29,30,32). The lowest BCUT2D eigenvalue weighted by atomic mass is 10.1. The molecule has 4 rings (SSSR count). The molecule has 1 amide bonds. The average molecular weight is 525 g/mol. The van der Waals surface area contributed by atoms with Gasteiger partial charge in [0.1, 0.15) is 11.4 Å². The van der Waals surface area contributed by atoms with E-state index in [4.69, 9.17) is 9.47 Å². The lowest BCUT2D eigenvalue weighted by Gasteiger charge is -2.22. The largest absolute Gasteiger partial charge is 0.444 e. The van der Waals surface area contributed by atoms with Crippen LogP contribution in [0.3, 0.4) is 0 Å². The number of nitrogens with one attached hydrogen (secondary N) is 1. The number of benzene rings is 1. The van der Waals surface area contributed by atoms with Crippen molar-refractivity contribution in [3.63, 3.8) is 0 Å². The van der Waals surface area contributed by atoms with E-state index in [0.29, 0.717) is 5.69 Å². The van der Waals surface area contributed by atoms with E-state index < -0.39 is 21.7 Å². The first kappa shape index (κ1) is 26.7. The number of carbonyl (C=O) groups excluding carboxylic acids is 1. The number of rotatable bonds is 9. The third kappa shape index (κ3) is 6.71. The van der Waals surface area contributed by atoms with Crippen LogP contribution in [0, 0.1) is 0 Å². The Morgan fingerprint density at radius 3 is 2.35 bits per heavy atom. The molecule has 0 radical (unpaired) electrons. The molecular weight excluding hydrogens is 492 g/mol. The predicted molar refractivity (Wildman–Crippen MR) is 139 cm³/mol. The number of aromatic nitrogens is 2. The second-order valence-corrected chi connectivity index (χ2v) is 11.9. The molecule has 1 aromatic carbocycles. The fraction of sp³-hybridized carbons (Fsp3) is 0.370. The Hall–Kier alpha value is -3.34. The van der Waals surface area contributed by atoms with Crippen LogP contribution in [0.15, 0.2) is 71.9 Å².